The summed E-state index contributed by atoms with van der Waals surface area (Å²) in [6.07, 6.45) is 3.92. The lowest BCUT2D eigenvalue weighted by Crippen LogP contribution is -2.37. The van der Waals surface area contributed by atoms with Crippen LogP contribution in [0.2, 0.25) is 0 Å². The van der Waals surface area contributed by atoms with Crippen molar-refractivity contribution in [3.63, 3.8) is 0 Å². The summed E-state index contributed by atoms with van der Waals surface area (Å²) in [5.74, 6) is 0. The number of aromatic nitrogens is 3. The van der Waals surface area contributed by atoms with E-state index in [1.54, 1.807) is 18.5 Å². The maximum atomic E-state index is 11.8. The molecule has 1 atom stereocenters. The van der Waals surface area contributed by atoms with Crippen LogP contribution < -0.4 is 10.6 Å². The minimum atomic E-state index is -0.260. The molecule has 6 nitrogen and oxygen atoms in total. The first-order valence-corrected chi connectivity index (χ1v) is 7.01. The lowest BCUT2D eigenvalue weighted by atomic mass is 10.2. The molecular weight excluding hydrogens is 322 g/mol. The Morgan fingerprint density at radius 2 is 2.25 bits per heavy atom. The van der Waals surface area contributed by atoms with Crippen LogP contribution in [0.1, 0.15) is 18.3 Å². The number of amides is 2. The van der Waals surface area contributed by atoms with Crippen LogP contribution in [0, 0.1) is 6.92 Å². The van der Waals surface area contributed by atoms with Gasteiger partial charge in [-0.25, -0.2) is 4.79 Å². The largest absolute Gasteiger partial charge is 0.335 e. The van der Waals surface area contributed by atoms with E-state index in [-0.39, 0.29) is 12.1 Å². The van der Waals surface area contributed by atoms with Gasteiger partial charge in [-0.05, 0) is 41.9 Å². The zero-order valence-electron chi connectivity index (χ0n) is 11.3. The van der Waals surface area contributed by atoms with Crippen LogP contribution in [0.3, 0.4) is 0 Å². The Hall–Kier alpha value is -1.89. The van der Waals surface area contributed by atoms with Crippen molar-refractivity contribution in [1.82, 2.24) is 20.5 Å². The van der Waals surface area contributed by atoms with E-state index >= 15 is 0 Å². The second-order valence-corrected chi connectivity index (χ2v) is 5.55. The molecule has 0 aromatic carbocycles. The number of nitrogens with one attached hydrogen (secondary N) is 3. The standard InChI is InChI=1S/C13H16BrN5O/c1-8(3-11-4-9(2)18-19-11)16-13(20)17-12-5-10(14)6-15-7-12/h4-8H,3H2,1-2H3,(H,18,19)(H2,16,17,20)/t8-/m1/s1. The first-order chi connectivity index (χ1) is 9.52. The van der Waals surface area contributed by atoms with Crippen LogP contribution in [-0.4, -0.2) is 27.3 Å². The molecule has 20 heavy (non-hydrogen) atoms. The second-order valence-electron chi connectivity index (χ2n) is 4.64. The van der Waals surface area contributed by atoms with E-state index in [1.165, 1.54) is 0 Å². The Balaban J connectivity index is 1.84. The maximum Gasteiger partial charge on any atom is 0.319 e. The Kier molecular flexibility index (Phi) is 4.73. The van der Waals surface area contributed by atoms with Crippen LogP contribution in [0.25, 0.3) is 0 Å². The van der Waals surface area contributed by atoms with Gasteiger partial charge in [0, 0.05) is 28.8 Å². The minimum Gasteiger partial charge on any atom is -0.335 e. The average molecular weight is 338 g/mol. The van der Waals surface area contributed by atoms with Gasteiger partial charge in [0.1, 0.15) is 0 Å². The number of halogens is 1. The summed E-state index contributed by atoms with van der Waals surface area (Å²) in [6, 6.07) is 3.48. The van der Waals surface area contributed by atoms with Crippen molar-refractivity contribution in [1.29, 1.82) is 0 Å². The van der Waals surface area contributed by atoms with Gasteiger partial charge in [-0.2, -0.15) is 5.10 Å². The van der Waals surface area contributed by atoms with Crippen molar-refractivity contribution in [2.75, 3.05) is 5.32 Å². The van der Waals surface area contributed by atoms with Crippen molar-refractivity contribution in [2.45, 2.75) is 26.3 Å². The molecule has 2 amide bonds. The van der Waals surface area contributed by atoms with Crippen molar-refractivity contribution in [3.8, 4) is 0 Å². The average Bonchev–Trinajstić information content (AvgIpc) is 2.74. The van der Waals surface area contributed by atoms with Crippen molar-refractivity contribution in [2.24, 2.45) is 0 Å². The predicted octanol–water partition coefficient (Wildman–Crippen LogP) is 2.63. The molecule has 0 fully saturated rings. The zero-order chi connectivity index (χ0) is 14.5. The normalized spacial score (nSPS) is 11.9. The monoisotopic (exact) mass is 337 g/mol. The third-order valence-electron chi connectivity index (χ3n) is 2.61. The second kappa shape index (κ2) is 6.51. The number of aromatic amines is 1. The quantitative estimate of drug-likeness (QED) is 0.801. The van der Waals surface area contributed by atoms with Gasteiger partial charge in [0.2, 0.25) is 0 Å². The fourth-order valence-corrected chi connectivity index (χ4v) is 2.18. The third-order valence-corrected chi connectivity index (χ3v) is 3.05. The van der Waals surface area contributed by atoms with Crippen LogP contribution in [0.4, 0.5) is 10.5 Å². The lowest BCUT2D eigenvalue weighted by Gasteiger charge is -2.13. The number of carbonyl (C=O) groups is 1. The summed E-state index contributed by atoms with van der Waals surface area (Å²) in [7, 11) is 0. The number of hydrogen-bond donors (Lipinski definition) is 3. The number of anilines is 1. The minimum absolute atomic E-state index is 0.0159. The Bertz CT molecular complexity index is 598. The van der Waals surface area contributed by atoms with Crippen molar-refractivity contribution >= 4 is 27.6 Å². The van der Waals surface area contributed by atoms with Crippen molar-refractivity contribution in [3.05, 3.63) is 40.4 Å². The molecule has 3 N–H and O–H groups in total. The highest BCUT2D eigenvalue weighted by Gasteiger charge is 2.10. The molecule has 0 bridgehead atoms. The van der Waals surface area contributed by atoms with Crippen molar-refractivity contribution < 1.29 is 4.79 Å². The van der Waals surface area contributed by atoms with E-state index in [0.29, 0.717) is 12.1 Å². The Morgan fingerprint density at radius 1 is 1.45 bits per heavy atom. The molecule has 0 aliphatic heterocycles. The molecule has 0 aliphatic carbocycles. The maximum absolute atomic E-state index is 11.8. The van der Waals surface area contributed by atoms with E-state index < -0.39 is 0 Å². The van der Waals surface area contributed by atoms with Gasteiger partial charge in [0.05, 0.1) is 17.6 Å². The van der Waals surface area contributed by atoms with Crippen LogP contribution >= 0.6 is 15.9 Å². The summed E-state index contributed by atoms with van der Waals surface area (Å²) in [6.45, 7) is 3.88. The van der Waals surface area contributed by atoms with Gasteiger partial charge in [-0.1, -0.05) is 0 Å². The molecule has 2 rings (SSSR count). The van der Waals surface area contributed by atoms with E-state index in [0.717, 1.165) is 15.9 Å². The fourth-order valence-electron chi connectivity index (χ4n) is 1.81. The number of nitrogens with zero attached hydrogens (tertiary/aromatic N) is 2. The molecule has 0 aliphatic rings. The SMILES string of the molecule is Cc1cc(C[C@@H](C)NC(=O)Nc2cncc(Br)c2)n[nH]1. The highest BCUT2D eigenvalue weighted by Crippen LogP contribution is 2.13. The summed E-state index contributed by atoms with van der Waals surface area (Å²) < 4.78 is 0.815. The third kappa shape index (κ3) is 4.34. The smallest absolute Gasteiger partial charge is 0.319 e. The summed E-state index contributed by atoms with van der Waals surface area (Å²) in [5, 5.41) is 12.6. The molecule has 2 heterocycles. The molecule has 0 spiro atoms. The highest BCUT2D eigenvalue weighted by atomic mass is 79.9. The van der Waals surface area contributed by atoms with Gasteiger partial charge in [-0.15, -0.1) is 0 Å². The van der Waals surface area contributed by atoms with Gasteiger partial charge in [-0.3, -0.25) is 10.1 Å². The van der Waals surface area contributed by atoms with Crippen LogP contribution in [0.5, 0.6) is 0 Å². The molecule has 0 saturated carbocycles. The lowest BCUT2D eigenvalue weighted by molar-refractivity contribution is 0.249. The number of rotatable bonds is 4. The molecule has 2 aromatic heterocycles. The summed E-state index contributed by atoms with van der Waals surface area (Å²) in [4.78, 5) is 15.8. The van der Waals surface area contributed by atoms with E-state index in [9.17, 15) is 4.79 Å². The zero-order valence-corrected chi connectivity index (χ0v) is 12.9. The molecule has 106 valence electrons. The van der Waals surface area contributed by atoms with Crippen LogP contribution in [-0.2, 0) is 6.42 Å². The molecule has 2 aromatic rings. The van der Waals surface area contributed by atoms with E-state index in [1.807, 2.05) is 19.9 Å². The summed E-state index contributed by atoms with van der Waals surface area (Å²) in [5.41, 5.74) is 2.58. The Morgan fingerprint density at radius 3 is 2.90 bits per heavy atom. The molecular formula is C13H16BrN5O. The fraction of sp³-hybridized carbons (Fsp3) is 0.308. The number of hydrogen-bond acceptors (Lipinski definition) is 3. The number of carbonyl (C=O) groups excluding carboxylic acids is 1. The number of pyridine rings is 1. The number of aryl methyl sites for hydroxylation is 1. The number of urea groups is 1. The topological polar surface area (TPSA) is 82.7 Å². The van der Waals surface area contributed by atoms with Gasteiger partial charge >= 0.3 is 6.03 Å². The first-order valence-electron chi connectivity index (χ1n) is 6.22. The Labute approximate surface area is 125 Å². The van der Waals surface area contributed by atoms with E-state index in [2.05, 4.69) is 41.7 Å². The van der Waals surface area contributed by atoms with Gasteiger partial charge in [0.15, 0.2) is 0 Å². The predicted molar refractivity (Wildman–Crippen MR) is 80.6 cm³/mol. The van der Waals surface area contributed by atoms with E-state index in [4.69, 9.17) is 0 Å². The molecule has 0 unspecified atom stereocenters. The molecule has 0 radical (unpaired) electrons. The van der Waals surface area contributed by atoms with Gasteiger partial charge < -0.3 is 10.6 Å². The molecule has 0 saturated heterocycles. The summed E-state index contributed by atoms with van der Waals surface area (Å²) >= 11 is 3.30. The first kappa shape index (κ1) is 14.5. The van der Waals surface area contributed by atoms with Crippen LogP contribution in [0.15, 0.2) is 29.0 Å². The number of H-pyrrole nitrogens is 1. The van der Waals surface area contributed by atoms with Gasteiger partial charge in [0.25, 0.3) is 0 Å². The highest BCUT2D eigenvalue weighted by molar-refractivity contribution is 9.10. The molecule has 7 heteroatoms.